The minimum atomic E-state index is -0.432. The van der Waals surface area contributed by atoms with Crippen LogP contribution in [0, 0.1) is 0 Å². The Balaban J connectivity index is 1.29. The average molecular weight is 755 g/mol. The Kier molecular flexibility index (Phi) is 15.9. The number of rotatable bonds is 22. The molecule has 0 amide bonds. The van der Waals surface area contributed by atoms with E-state index in [1.54, 1.807) is 0 Å². The van der Waals surface area contributed by atoms with Gasteiger partial charge in [0.05, 0.1) is 45.2 Å². The van der Waals surface area contributed by atoms with Gasteiger partial charge in [0.15, 0.2) is 0 Å². The molecule has 6 rings (SSSR count). The van der Waals surface area contributed by atoms with Crippen LogP contribution < -0.4 is 4.74 Å². The summed E-state index contributed by atoms with van der Waals surface area (Å²) in [5, 5.41) is 0.732. The summed E-state index contributed by atoms with van der Waals surface area (Å²) >= 11 is 6.84. The highest BCUT2D eigenvalue weighted by atomic mass is 35.5. The van der Waals surface area contributed by atoms with Crippen molar-refractivity contribution >= 4 is 11.6 Å². The number of hydrogen-bond donors (Lipinski definition) is 0. The van der Waals surface area contributed by atoms with Crippen molar-refractivity contribution in [2.75, 3.05) is 13.2 Å². The molecule has 0 heterocycles. The Morgan fingerprint density at radius 3 is 1.53 bits per heavy atom. The minimum absolute atomic E-state index is 0.337. The Hall–Kier alpha value is -4.75. The molecule has 0 bridgehead atoms. The molecule has 6 aromatic carbocycles. The van der Waals surface area contributed by atoms with E-state index in [-0.39, 0.29) is 12.2 Å². The van der Waals surface area contributed by atoms with E-state index in [0.29, 0.717) is 58.9 Å². The fraction of sp³-hybridized carbons (Fsp3) is 0.265. The third-order valence-electron chi connectivity index (χ3n) is 9.47. The Morgan fingerprint density at radius 1 is 0.491 bits per heavy atom. The lowest BCUT2D eigenvalue weighted by Crippen LogP contribution is -2.44. The monoisotopic (exact) mass is 754 g/mol. The molecular weight excluding hydrogens is 704 g/mol. The predicted octanol–water partition coefficient (Wildman–Crippen LogP) is 11.2. The molecule has 0 fully saturated rings. The first kappa shape index (κ1) is 39.9. The van der Waals surface area contributed by atoms with Gasteiger partial charge in [0.1, 0.15) is 11.9 Å². The summed E-state index contributed by atoms with van der Waals surface area (Å²) in [7, 11) is 0. The average Bonchev–Trinajstić information content (AvgIpc) is 3.23. The second-order valence-electron chi connectivity index (χ2n) is 13.6. The van der Waals surface area contributed by atoms with Crippen molar-refractivity contribution in [2.45, 2.75) is 70.9 Å². The summed E-state index contributed by atoms with van der Waals surface area (Å²) in [4.78, 5) is 0. The van der Waals surface area contributed by atoms with Gasteiger partial charge < -0.3 is 23.7 Å². The second-order valence-corrected chi connectivity index (χ2v) is 14.0. The van der Waals surface area contributed by atoms with Crippen molar-refractivity contribution in [2.24, 2.45) is 0 Å². The third kappa shape index (κ3) is 13.2. The smallest absolute Gasteiger partial charge is 0.119 e. The lowest BCUT2D eigenvalue weighted by atomic mass is 9.95. The zero-order valence-electron chi connectivity index (χ0n) is 31.6. The minimum Gasteiger partial charge on any atom is -0.494 e. The summed E-state index contributed by atoms with van der Waals surface area (Å²) in [6.07, 6.45) is 0.779. The number of benzene rings is 6. The van der Waals surface area contributed by atoms with Crippen LogP contribution in [0.25, 0.3) is 0 Å². The summed E-state index contributed by atoms with van der Waals surface area (Å²) in [5.74, 6) is 0.862. The van der Waals surface area contributed by atoms with Crippen LogP contribution in [0.4, 0.5) is 0 Å². The van der Waals surface area contributed by atoms with E-state index in [9.17, 15) is 0 Å². The van der Waals surface area contributed by atoms with E-state index in [4.69, 9.17) is 35.3 Å². The highest BCUT2D eigenvalue weighted by Gasteiger charge is 2.33. The van der Waals surface area contributed by atoms with Crippen LogP contribution in [0.3, 0.4) is 0 Å². The fourth-order valence-corrected chi connectivity index (χ4v) is 6.75. The van der Waals surface area contributed by atoms with E-state index in [2.05, 4.69) is 72.8 Å². The first-order valence-corrected chi connectivity index (χ1v) is 19.6. The maximum Gasteiger partial charge on any atom is 0.119 e. The Labute approximate surface area is 331 Å². The molecule has 0 saturated carbocycles. The van der Waals surface area contributed by atoms with Gasteiger partial charge in [0.2, 0.25) is 0 Å². The maximum absolute atomic E-state index is 6.95. The van der Waals surface area contributed by atoms with Gasteiger partial charge in [-0.2, -0.15) is 0 Å². The molecular formula is C49H51ClO5. The van der Waals surface area contributed by atoms with Crippen LogP contribution in [-0.2, 0) is 58.2 Å². The second kappa shape index (κ2) is 22.0. The highest BCUT2D eigenvalue weighted by Crippen LogP contribution is 2.27. The molecule has 0 saturated heterocycles. The molecule has 6 aromatic rings. The van der Waals surface area contributed by atoms with Crippen LogP contribution in [0.15, 0.2) is 164 Å². The van der Waals surface area contributed by atoms with E-state index in [1.807, 2.05) is 97.9 Å². The van der Waals surface area contributed by atoms with Crippen LogP contribution in [0.1, 0.15) is 52.3 Å². The molecule has 0 aliphatic rings. The molecule has 0 N–H and O–H groups in total. The first-order valence-electron chi connectivity index (χ1n) is 19.2. The van der Waals surface area contributed by atoms with Crippen LogP contribution in [-0.4, -0.2) is 31.5 Å². The van der Waals surface area contributed by atoms with Crippen molar-refractivity contribution < 1.29 is 23.7 Å². The van der Waals surface area contributed by atoms with Crippen LogP contribution >= 0.6 is 11.6 Å². The summed E-state index contributed by atoms with van der Waals surface area (Å²) in [5.41, 5.74) is 7.73. The molecule has 0 aliphatic carbocycles. The molecule has 0 spiro atoms. The summed E-state index contributed by atoms with van der Waals surface area (Å²) in [6.45, 7) is 4.93. The molecule has 0 radical (unpaired) electrons. The van der Waals surface area contributed by atoms with Crippen LogP contribution in [0.5, 0.6) is 5.75 Å². The quantitative estimate of drug-likeness (QED) is 0.0646. The Morgan fingerprint density at radius 2 is 0.982 bits per heavy atom. The highest BCUT2D eigenvalue weighted by molar-refractivity contribution is 6.31. The number of ether oxygens (including phenoxy) is 5. The SMILES string of the molecule is CCOc1ccc(Cc2cc(C[C@@H](OCc3ccccc3)[C@@H](OCc3ccccc3)[C@H](CCOCc3ccccc3)OCc3ccccc3)ccc2Cl)cc1. The summed E-state index contributed by atoms with van der Waals surface area (Å²) in [6, 6.07) is 55.6. The molecule has 0 unspecified atom stereocenters. The standard InChI is InChI=1S/C49H51ClO5/c1-2-52-45-26-23-38(24-27-45)31-44-32-43(25-28-46(44)50)33-48(54-36-41-19-11-5-12-20-41)49(55-37-42-21-13-6-14-22-42)47(53-35-40-17-9-4-10-18-40)29-30-51-34-39-15-7-3-8-16-39/h3-28,32,47-49H,2,29-31,33-37H2,1H3/t47-,48+,49-/m0/s1. The largest absolute Gasteiger partial charge is 0.494 e. The van der Waals surface area contributed by atoms with Gasteiger partial charge in [-0.05, 0) is 76.9 Å². The van der Waals surface area contributed by atoms with Gasteiger partial charge >= 0.3 is 0 Å². The van der Waals surface area contributed by atoms with E-state index in [1.165, 1.54) is 0 Å². The lowest BCUT2D eigenvalue weighted by molar-refractivity contribution is -0.156. The number of hydrogen-bond acceptors (Lipinski definition) is 5. The molecule has 3 atom stereocenters. The molecule has 284 valence electrons. The fourth-order valence-electron chi connectivity index (χ4n) is 6.56. The van der Waals surface area contributed by atoms with Crippen LogP contribution in [0.2, 0.25) is 5.02 Å². The van der Waals surface area contributed by atoms with Crippen molar-refractivity contribution in [3.8, 4) is 5.75 Å². The van der Waals surface area contributed by atoms with Gasteiger partial charge in [-0.3, -0.25) is 0 Å². The molecule has 0 aliphatic heterocycles. The third-order valence-corrected chi connectivity index (χ3v) is 9.83. The molecule has 55 heavy (non-hydrogen) atoms. The van der Waals surface area contributed by atoms with Crippen molar-refractivity contribution in [1.29, 1.82) is 0 Å². The van der Waals surface area contributed by atoms with Gasteiger partial charge in [-0.25, -0.2) is 0 Å². The summed E-state index contributed by atoms with van der Waals surface area (Å²) < 4.78 is 32.6. The zero-order valence-corrected chi connectivity index (χ0v) is 32.4. The number of halogens is 1. The predicted molar refractivity (Wildman–Crippen MR) is 221 cm³/mol. The zero-order chi connectivity index (χ0) is 37.9. The van der Waals surface area contributed by atoms with E-state index >= 15 is 0 Å². The van der Waals surface area contributed by atoms with Crippen molar-refractivity contribution in [1.82, 2.24) is 0 Å². The van der Waals surface area contributed by atoms with Gasteiger partial charge in [0.25, 0.3) is 0 Å². The normalized spacial score (nSPS) is 12.9. The van der Waals surface area contributed by atoms with Gasteiger partial charge in [-0.1, -0.05) is 157 Å². The lowest BCUT2D eigenvalue weighted by Gasteiger charge is -2.34. The van der Waals surface area contributed by atoms with Gasteiger partial charge in [0, 0.05) is 18.1 Å². The van der Waals surface area contributed by atoms with E-state index in [0.717, 1.165) is 49.7 Å². The Bertz CT molecular complexity index is 1940. The molecule has 6 heteroatoms. The molecule has 0 aromatic heterocycles. The van der Waals surface area contributed by atoms with E-state index < -0.39 is 6.10 Å². The van der Waals surface area contributed by atoms with Gasteiger partial charge in [-0.15, -0.1) is 0 Å². The van der Waals surface area contributed by atoms with Crippen molar-refractivity contribution in [3.05, 3.63) is 208 Å². The first-order chi connectivity index (χ1) is 27.1. The molecule has 5 nitrogen and oxygen atoms in total. The maximum atomic E-state index is 6.95. The van der Waals surface area contributed by atoms with Crippen molar-refractivity contribution in [3.63, 3.8) is 0 Å². The topological polar surface area (TPSA) is 46.2 Å².